The van der Waals surface area contributed by atoms with Gasteiger partial charge in [0.05, 0.1) is 9.40 Å². The van der Waals surface area contributed by atoms with Gasteiger partial charge in [0.25, 0.3) is 0 Å². The summed E-state index contributed by atoms with van der Waals surface area (Å²) in [5.74, 6) is 12.8. The zero-order chi connectivity index (χ0) is 23.2. The number of allylic oxidation sites excluding steroid dienone is 9. The first-order valence-electron chi connectivity index (χ1n) is 10.5. The molecule has 0 aliphatic carbocycles. The lowest BCUT2D eigenvalue weighted by Crippen LogP contribution is -1.75. The van der Waals surface area contributed by atoms with Gasteiger partial charge in [-0.3, -0.25) is 0 Å². The van der Waals surface area contributed by atoms with Crippen LogP contribution in [0, 0.1) is 23.7 Å². The SMILES string of the molecule is C=C/C=C\C(=C)C#Cc1ccc2c(c1)sc1c3ccc(C#CC(/C=C\C)=C/C=C)cc3sc21. The molecule has 0 radical (unpaired) electrons. The maximum Gasteiger partial charge on any atom is 0.0542 e. The molecule has 0 unspecified atom stereocenters. The molecule has 2 heteroatoms. The number of rotatable bonds is 4. The summed E-state index contributed by atoms with van der Waals surface area (Å²) in [7, 11) is 0. The maximum absolute atomic E-state index is 3.95. The molecule has 158 valence electrons. The van der Waals surface area contributed by atoms with Gasteiger partial charge in [0, 0.05) is 42.4 Å². The fourth-order valence-corrected chi connectivity index (χ4v) is 6.11. The first-order chi connectivity index (χ1) is 16.1. The molecule has 0 nitrogen and oxygen atoms in total. The van der Waals surface area contributed by atoms with Gasteiger partial charge in [0.1, 0.15) is 0 Å². The van der Waals surface area contributed by atoms with Gasteiger partial charge in [0.2, 0.25) is 0 Å². The normalized spacial score (nSPS) is 11.6. The fourth-order valence-electron chi connectivity index (χ4n) is 3.38. The van der Waals surface area contributed by atoms with Crippen molar-refractivity contribution in [2.75, 3.05) is 0 Å². The molecule has 2 heterocycles. The Hall–Kier alpha value is -3.82. The highest BCUT2D eigenvalue weighted by molar-refractivity contribution is 7.36. The zero-order valence-electron chi connectivity index (χ0n) is 18.4. The van der Waals surface area contributed by atoms with Crippen molar-refractivity contribution in [2.45, 2.75) is 6.92 Å². The number of hydrogen-bond acceptors (Lipinski definition) is 2. The molecule has 0 fully saturated rings. The van der Waals surface area contributed by atoms with E-state index in [1.165, 1.54) is 29.6 Å². The summed E-state index contributed by atoms with van der Waals surface area (Å²) >= 11 is 3.65. The van der Waals surface area contributed by atoms with Gasteiger partial charge in [0.15, 0.2) is 0 Å². The van der Waals surface area contributed by atoms with E-state index in [9.17, 15) is 0 Å². The highest BCUT2D eigenvalue weighted by atomic mass is 32.1. The molecule has 0 spiro atoms. The summed E-state index contributed by atoms with van der Waals surface area (Å²) in [5, 5.41) is 2.57. The van der Waals surface area contributed by atoms with Crippen LogP contribution in [0.1, 0.15) is 18.1 Å². The van der Waals surface area contributed by atoms with Gasteiger partial charge in [-0.2, -0.15) is 0 Å². The van der Waals surface area contributed by atoms with E-state index in [1.807, 2.05) is 60.0 Å². The van der Waals surface area contributed by atoms with E-state index < -0.39 is 0 Å². The first kappa shape index (κ1) is 22.4. The van der Waals surface area contributed by atoms with Gasteiger partial charge < -0.3 is 0 Å². The lowest BCUT2D eigenvalue weighted by Gasteiger charge is -1.94. The van der Waals surface area contributed by atoms with Crippen LogP contribution in [0.5, 0.6) is 0 Å². The third-order valence-electron chi connectivity index (χ3n) is 4.88. The van der Waals surface area contributed by atoms with Crippen LogP contribution in [-0.2, 0) is 0 Å². The molecule has 2 aromatic carbocycles. The Balaban J connectivity index is 1.70. The van der Waals surface area contributed by atoms with Crippen molar-refractivity contribution in [1.29, 1.82) is 0 Å². The van der Waals surface area contributed by atoms with Crippen molar-refractivity contribution in [2.24, 2.45) is 0 Å². The van der Waals surface area contributed by atoms with Gasteiger partial charge in [-0.1, -0.05) is 85.9 Å². The molecule has 0 saturated carbocycles. The summed E-state index contributed by atoms with van der Waals surface area (Å²) < 4.78 is 5.18. The van der Waals surface area contributed by atoms with E-state index in [4.69, 9.17) is 0 Å². The second-order valence-corrected chi connectivity index (χ2v) is 9.37. The third kappa shape index (κ3) is 5.00. The van der Waals surface area contributed by atoms with Crippen molar-refractivity contribution in [3.05, 3.63) is 121 Å². The fraction of sp³-hybridized carbons (Fsp3) is 0.0323. The van der Waals surface area contributed by atoms with E-state index in [1.54, 1.807) is 12.2 Å². The van der Waals surface area contributed by atoms with Crippen molar-refractivity contribution >= 4 is 52.2 Å². The highest BCUT2D eigenvalue weighted by Gasteiger charge is 2.12. The minimum absolute atomic E-state index is 0.768. The summed E-state index contributed by atoms with van der Waals surface area (Å²) in [6.45, 7) is 13.4. The number of benzene rings is 2. The number of thiophene rings is 2. The summed E-state index contributed by atoms with van der Waals surface area (Å²) in [4.78, 5) is 0. The molecule has 4 aromatic rings. The second-order valence-electron chi connectivity index (χ2n) is 7.26. The lowest BCUT2D eigenvalue weighted by molar-refractivity contribution is 1.66. The molecular weight excluding hydrogens is 436 g/mol. The monoisotopic (exact) mass is 458 g/mol. The molecule has 4 rings (SSSR count). The zero-order valence-corrected chi connectivity index (χ0v) is 20.1. The van der Waals surface area contributed by atoms with Crippen LogP contribution in [0.25, 0.3) is 29.6 Å². The number of hydrogen-bond donors (Lipinski definition) is 0. The largest absolute Gasteiger partial charge is 0.134 e. The topological polar surface area (TPSA) is 0 Å². The first-order valence-corrected chi connectivity index (χ1v) is 12.1. The molecule has 33 heavy (non-hydrogen) atoms. The minimum atomic E-state index is 0.768. The Morgan fingerprint density at radius 3 is 1.97 bits per heavy atom. The third-order valence-corrected chi connectivity index (χ3v) is 7.38. The average molecular weight is 459 g/mol. The van der Waals surface area contributed by atoms with E-state index in [2.05, 4.69) is 79.8 Å². The predicted molar refractivity (Wildman–Crippen MR) is 150 cm³/mol. The van der Waals surface area contributed by atoms with Crippen LogP contribution < -0.4 is 0 Å². The van der Waals surface area contributed by atoms with E-state index in [-0.39, 0.29) is 0 Å². The van der Waals surface area contributed by atoms with Gasteiger partial charge >= 0.3 is 0 Å². The van der Waals surface area contributed by atoms with Gasteiger partial charge in [-0.05, 0) is 43.3 Å². The van der Waals surface area contributed by atoms with Gasteiger partial charge in [-0.15, -0.1) is 22.7 Å². The average Bonchev–Trinajstić information content (AvgIpc) is 3.35. The van der Waals surface area contributed by atoms with E-state index >= 15 is 0 Å². The predicted octanol–water partition coefficient (Wildman–Crippen LogP) is 8.96. The molecule has 0 amide bonds. The molecular formula is C31H22S2. The molecule has 2 aromatic heterocycles. The quantitative estimate of drug-likeness (QED) is 0.211. The summed E-state index contributed by atoms with van der Waals surface area (Å²) in [6.07, 6.45) is 13.1. The molecule has 0 bridgehead atoms. The molecule has 0 atom stereocenters. The van der Waals surface area contributed by atoms with Crippen molar-refractivity contribution in [3.63, 3.8) is 0 Å². The Kier molecular flexibility index (Phi) is 6.92. The highest BCUT2D eigenvalue weighted by Crippen LogP contribution is 2.44. The summed E-state index contributed by atoms with van der Waals surface area (Å²) in [5.41, 5.74) is 3.73. The standard InChI is InChI=1S/C31H22S2/c1-5-8-11-22(4)12-13-24-16-18-26-28(20-24)32-31-27-19-17-25(21-29(27)33-30(26)31)15-14-23(9-6-2)10-7-3/h5-11,16-21H,1-2,4H2,3H3/b10-7-,11-8-,23-9+. The second kappa shape index (κ2) is 10.2. The minimum Gasteiger partial charge on any atom is -0.134 e. The Bertz CT molecular complexity index is 1620. The molecule has 0 aliphatic rings. The van der Waals surface area contributed by atoms with Crippen LogP contribution in [-0.4, -0.2) is 0 Å². The smallest absolute Gasteiger partial charge is 0.0542 e. The van der Waals surface area contributed by atoms with E-state index in [0.29, 0.717) is 0 Å². The Labute approximate surface area is 203 Å². The molecule has 0 aliphatic heterocycles. The lowest BCUT2D eigenvalue weighted by atomic mass is 10.1. The van der Waals surface area contributed by atoms with Crippen LogP contribution >= 0.6 is 22.7 Å². The van der Waals surface area contributed by atoms with Crippen LogP contribution in [0.15, 0.2) is 110 Å². The van der Waals surface area contributed by atoms with Crippen molar-refractivity contribution in [1.82, 2.24) is 0 Å². The van der Waals surface area contributed by atoms with Crippen LogP contribution in [0.2, 0.25) is 0 Å². The maximum atomic E-state index is 3.95. The van der Waals surface area contributed by atoms with Crippen molar-refractivity contribution in [3.8, 4) is 23.7 Å². The summed E-state index contributed by atoms with van der Waals surface area (Å²) in [6, 6.07) is 12.9. The Morgan fingerprint density at radius 2 is 1.42 bits per heavy atom. The van der Waals surface area contributed by atoms with Crippen molar-refractivity contribution < 1.29 is 0 Å². The Morgan fingerprint density at radius 1 is 0.818 bits per heavy atom. The van der Waals surface area contributed by atoms with E-state index in [0.717, 1.165) is 22.3 Å². The van der Waals surface area contributed by atoms with Crippen LogP contribution in [0.4, 0.5) is 0 Å². The molecule has 0 N–H and O–H groups in total. The van der Waals surface area contributed by atoms with Crippen LogP contribution in [0.3, 0.4) is 0 Å². The van der Waals surface area contributed by atoms with Gasteiger partial charge in [-0.25, -0.2) is 0 Å². The molecule has 0 saturated heterocycles. The number of fused-ring (bicyclic) bond motifs is 5.